The third-order valence-corrected chi connectivity index (χ3v) is 2.91. The summed E-state index contributed by atoms with van der Waals surface area (Å²) in [5, 5.41) is 10.4. The lowest BCUT2D eigenvalue weighted by Gasteiger charge is -1.95. The van der Waals surface area contributed by atoms with E-state index in [9.17, 15) is 4.79 Å². The van der Waals surface area contributed by atoms with Crippen molar-refractivity contribution in [3.8, 4) is 0 Å². The van der Waals surface area contributed by atoms with Crippen molar-refractivity contribution in [2.45, 2.75) is 0 Å². The van der Waals surface area contributed by atoms with Crippen LogP contribution in [0.2, 0.25) is 0 Å². The summed E-state index contributed by atoms with van der Waals surface area (Å²) in [6.45, 7) is 0. The van der Waals surface area contributed by atoms with Gasteiger partial charge in [0.2, 0.25) is 5.71 Å². The number of rotatable bonds is 0. The predicted octanol–water partition coefficient (Wildman–Crippen LogP) is 2.48. The van der Waals surface area contributed by atoms with Crippen LogP contribution in [0.3, 0.4) is 0 Å². The Bertz CT molecular complexity index is 953. The average Bonchev–Trinajstić information content (AvgIpc) is 2.73. The molecule has 4 rings (SSSR count). The Labute approximate surface area is 99.6 Å². The molecular formula is C13H6N2O3. The van der Waals surface area contributed by atoms with E-state index in [2.05, 4.69) is 10.2 Å². The summed E-state index contributed by atoms with van der Waals surface area (Å²) in [6, 6.07) is 8.60. The summed E-state index contributed by atoms with van der Waals surface area (Å²) in [5.74, 6) is 0. The normalized spacial score (nSPS) is 11.6. The third-order valence-electron chi connectivity index (χ3n) is 2.91. The Balaban J connectivity index is 2.27. The molecule has 5 heteroatoms. The molecule has 0 amide bonds. The van der Waals surface area contributed by atoms with E-state index >= 15 is 0 Å². The minimum absolute atomic E-state index is 0.377. The maximum absolute atomic E-state index is 11.2. The largest absolute Gasteiger partial charge is 0.436 e. The van der Waals surface area contributed by atoms with Crippen molar-refractivity contribution in [2.75, 3.05) is 0 Å². The standard InChI is InChI=1S/C13H6N2O3/c16-12-2-1-7-5-9-8-3-4-14-15-13(8)18-11(9)6-10(7)17-12/h1-6H. The molecule has 0 radical (unpaired) electrons. The van der Waals surface area contributed by atoms with Crippen LogP contribution in [0.1, 0.15) is 0 Å². The van der Waals surface area contributed by atoms with Gasteiger partial charge in [-0.15, -0.1) is 5.10 Å². The predicted molar refractivity (Wildman–Crippen MR) is 65.4 cm³/mol. The first-order valence-corrected chi connectivity index (χ1v) is 5.39. The summed E-state index contributed by atoms with van der Waals surface area (Å²) >= 11 is 0. The van der Waals surface area contributed by atoms with Gasteiger partial charge in [-0.05, 0) is 18.2 Å². The van der Waals surface area contributed by atoms with Crippen molar-refractivity contribution in [3.63, 3.8) is 0 Å². The van der Waals surface area contributed by atoms with E-state index in [-0.39, 0.29) is 5.63 Å². The monoisotopic (exact) mass is 238 g/mol. The molecule has 0 saturated carbocycles. The first-order valence-electron chi connectivity index (χ1n) is 5.39. The highest BCUT2D eigenvalue weighted by Gasteiger charge is 2.10. The van der Waals surface area contributed by atoms with Gasteiger partial charge in [-0.2, -0.15) is 5.10 Å². The van der Waals surface area contributed by atoms with Crippen molar-refractivity contribution in [1.82, 2.24) is 10.2 Å². The molecule has 0 spiro atoms. The lowest BCUT2D eigenvalue weighted by atomic mass is 10.1. The van der Waals surface area contributed by atoms with E-state index in [1.165, 1.54) is 6.07 Å². The highest BCUT2D eigenvalue weighted by Crippen LogP contribution is 2.29. The van der Waals surface area contributed by atoms with Gasteiger partial charge in [-0.25, -0.2) is 4.79 Å². The maximum atomic E-state index is 11.2. The molecule has 0 N–H and O–H groups in total. The Morgan fingerprint density at radius 2 is 1.89 bits per heavy atom. The number of aromatic nitrogens is 2. The van der Waals surface area contributed by atoms with Crippen LogP contribution < -0.4 is 5.63 Å². The summed E-state index contributed by atoms with van der Waals surface area (Å²) in [4.78, 5) is 11.2. The van der Waals surface area contributed by atoms with Gasteiger partial charge in [0.1, 0.15) is 11.2 Å². The average molecular weight is 238 g/mol. The second-order valence-corrected chi connectivity index (χ2v) is 3.99. The van der Waals surface area contributed by atoms with Crippen LogP contribution in [0.25, 0.3) is 33.0 Å². The van der Waals surface area contributed by atoms with Crippen LogP contribution in [0.15, 0.2) is 50.2 Å². The van der Waals surface area contributed by atoms with Gasteiger partial charge in [0.05, 0.1) is 11.6 Å². The van der Waals surface area contributed by atoms with Gasteiger partial charge in [-0.3, -0.25) is 0 Å². The molecule has 0 aliphatic rings. The quantitative estimate of drug-likeness (QED) is 0.440. The smallest absolute Gasteiger partial charge is 0.336 e. The second kappa shape index (κ2) is 3.16. The summed E-state index contributed by atoms with van der Waals surface area (Å²) in [5.41, 5.74) is 1.23. The molecule has 3 aromatic heterocycles. The molecule has 0 saturated heterocycles. The number of fused-ring (bicyclic) bond motifs is 4. The van der Waals surface area contributed by atoms with Gasteiger partial charge in [-0.1, -0.05) is 0 Å². The molecule has 3 heterocycles. The third kappa shape index (κ3) is 1.18. The van der Waals surface area contributed by atoms with Gasteiger partial charge < -0.3 is 8.83 Å². The molecule has 86 valence electrons. The highest BCUT2D eigenvalue weighted by molar-refractivity contribution is 6.07. The molecule has 0 aliphatic carbocycles. The minimum Gasteiger partial charge on any atom is -0.436 e. The molecule has 0 atom stereocenters. The van der Waals surface area contributed by atoms with Crippen molar-refractivity contribution >= 4 is 33.0 Å². The topological polar surface area (TPSA) is 69.1 Å². The first kappa shape index (κ1) is 9.35. The molecule has 5 nitrogen and oxygen atoms in total. The van der Waals surface area contributed by atoms with Crippen molar-refractivity contribution in [1.29, 1.82) is 0 Å². The molecule has 4 aromatic rings. The molecule has 1 aromatic carbocycles. The Morgan fingerprint density at radius 3 is 2.83 bits per heavy atom. The highest BCUT2D eigenvalue weighted by atomic mass is 16.4. The SMILES string of the molecule is O=c1ccc2cc3c(cc2o1)oc1nnccc13. The van der Waals surface area contributed by atoms with E-state index in [1.807, 2.05) is 12.1 Å². The van der Waals surface area contributed by atoms with Gasteiger partial charge in [0.15, 0.2) is 0 Å². The molecule has 0 fully saturated rings. The maximum Gasteiger partial charge on any atom is 0.336 e. The summed E-state index contributed by atoms with van der Waals surface area (Å²) in [6.07, 6.45) is 1.62. The van der Waals surface area contributed by atoms with E-state index in [4.69, 9.17) is 8.83 Å². The number of hydrogen-bond acceptors (Lipinski definition) is 5. The van der Waals surface area contributed by atoms with Crippen molar-refractivity contribution in [3.05, 3.63) is 46.9 Å². The van der Waals surface area contributed by atoms with E-state index in [1.54, 1.807) is 18.3 Å². The lowest BCUT2D eigenvalue weighted by molar-refractivity contribution is 0.560. The molecule has 18 heavy (non-hydrogen) atoms. The van der Waals surface area contributed by atoms with Gasteiger partial charge >= 0.3 is 5.63 Å². The fourth-order valence-corrected chi connectivity index (χ4v) is 2.10. The van der Waals surface area contributed by atoms with Crippen LogP contribution in [-0.4, -0.2) is 10.2 Å². The van der Waals surface area contributed by atoms with Crippen molar-refractivity contribution < 1.29 is 8.83 Å². The van der Waals surface area contributed by atoms with Crippen molar-refractivity contribution in [2.24, 2.45) is 0 Å². The van der Waals surface area contributed by atoms with Crippen LogP contribution in [-0.2, 0) is 0 Å². The van der Waals surface area contributed by atoms with Crippen LogP contribution in [0.5, 0.6) is 0 Å². The number of benzene rings is 1. The zero-order valence-electron chi connectivity index (χ0n) is 9.08. The van der Waals surface area contributed by atoms with E-state index in [0.717, 1.165) is 16.2 Å². The number of furan rings is 1. The molecular weight excluding hydrogens is 232 g/mol. The van der Waals surface area contributed by atoms with E-state index in [0.29, 0.717) is 16.9 Å². The Hall–Kier alpha value is -2.69. The van der Waals surface area contributed by atoms with Crippen LogP contribution in [0, 0.1) is 0 Å². The summed E-state index contributed by atoms with van der Waals surface area (Å²) < 4.78 is 10.7. The minimum atomic E-state index is -0.377. The summed E-state index contributed by atoms with van der Waals surface area (Å²) in [7, 11) is 0. The number of nitrogens with zero attached hydrogens (tertiary/aromatic N) is 2. The van der Waals surface area contributed by atoms with E-state index < -0.39 is 0 Å². The fourth-order valence-electron chi connectivity index (χ4n) is 2.10. The zero-order valence-corrected chi connectivity index (χ0v) is 9.08. The molecule has 0 unspecified atom stereocenters. The number of hydrogen-bond donors (Lipinski definition) is 0. The first-order chi connectivity index (χ1) is 8.81. The fraction of sp³-hybridized carbons (Fsp3) is 0. The Kier molecular flexibility index (Phi) is 1.64. The van der Waals surface area contributed by atoms with Crippen LogP contribution in [0.4, 0.5) is 0 Å². The van der Waals surface area contributed by atoms with Gasteiger partial charge in [0, 0.05) is 22.9 Å². The lowest BCUT2D eigenvalue weighted by Crippen LogP contribution is -1.93. The molecule has 0 bridgehead atoms. The van der Waals surface area contributed by atoms with Gasteiger partial charge in [0.25, 0.3) is 0 Å². The van der Waals surface area contributed by atoms with Crippen LogP contribution >= 0.6 is 0 Å². The molecule has 0 aliphatic heterocycles. The second-order valence-electron chi connectivity index (χ2n) is 3.99. The zero-order chi connectivity index (χ0) is 12.1. The Morgan fingerprint density at radius 1 is 0.944 bits per heavy atom.